The number of piperidine rings is 1. The van der Waals surface area contributed by atoms with E-state index in [-0.39, 0.29) is 23.0 Å². The highest BCUT2D eigenvalue weighted by molar-refractivity contribution is 7.85. The Morgan fingerprint density at radius 3 is 2.40 bits per heavy atom. The molecule has 2 rings (SSSR count). The van der Waals surface area contributed by atoms with E-state index in [0.29, 0.717) is 12.2 Å². The number of rotatable bonds is 6. The zero-order chi connectivity index (χ0) is 14.6. The van der Waals surface area contributed by atoms with Gasteiger partial charge >= 0.3 is 5.97 Å². The van der Waals surface area contributed by atoms with Crippen LogP contribution in [0.15, 0.2) is 0 Å². The first-order chi connectivity index (χ1) is 9.54. The summed E-state index contributed by atoms with van der Waals surface area (Å²) in [5.74, 6) is 0.295. The summed E-state index contributed by atoms with van der Waals surface area (Å²) in [5.41, 5.74) is -0.167. The molecule has 2 aliphatic rings. The number of esters is 1. The fourth-order valence-electron chi connectivity index (χ4n) is 2.69. The van der Waals surface area contributed by atoms with Gasteiger partial charge in [-0.2, -0.15) is 0 Å². The highest BCUT2D eigenvalue weighted by Crippen LogP contribution is 2.49. The fraction of sp³-hybridized carbons (Fsp3) is 0.857. The molecule has 114 valence electrons. The molecule has 0 aromatic carbocycles. The number of hydrogen-bond donors (Lipinski definition) is 0. The highest BCUT2D eigenvalue weighted by Gasteiger charge is 2.46. The summed E-state index contributed by atoms with van der Waals surface area (Å²) < 4.78 is 16.8. The van der Waals surface area contributed by atoms with Crippen LogP contribution in [0.1, 0.15) is 38.5 Å². The predicted octanol–water partition coefficient (Wildman–Crippen LogP) is 1.09. The quantitative estimate of drug-likeness (QED) is 0.689. The number of nitrogens with zero attached hydrogens (tertiary/aromatic N) is 1. The molecule has 0 bridgehead atoms. The maximum Gasteiger partial charge on any atom is 0.306 e. The molecule has 1 aliphatic heterocycles. The van der Waals surface area contributed by atoms with E-state index < -0.39 is 10.8 Å². The predicted molar refractivity (Wildman–Crippen MR) is 76.6 cm³/mol. The lowest BCUT2D eigenvalue weighted by molar-refractivity contribution is -0.141. The number of ether oxygens (including phenoxy) is 1. The standard InChI is InChI=1S/C14H23NO4S/c1-19-13(17)9-14(5-6-14)11-20(18)10-12(16)15-7-3-2-4-8-15/h2-11H2,1H3. The number of methoxy groups -OCH3 is 1. The summed E-state index contributed by atoms with van der Waals surface area (Å²) in [6, 6.07) is 0. The number of amides is 1. The molecule has 1 saturated carbocycles. The van der Waals surface area contributed by atoms with Crippen LogP contribution in [-0.4, -0.2) is 52.7 Å². The molecule has 2 fully saturated rings. The normalized spacial score (nSPS) is 22.1. The van der Waals surface area contributed by atoms with Crippen LogP contribution in [-0.2, 0) is 25.1 Å². The molecule has 1 heterocycles. The van der Waals surface area contributed by atoms with E-state index in [2.05, 4.69) is 4.74 Å². The highest BCUT2D eigenvalue weighted by atomic mass is 32.2. The summed E-state index contributed by atoms with van der Waals surface area (Å²) in [6.07, 6.45) is 5.41. The Labute approximate surface area is 122 Å². The van der Waals surface area contributed by atoms with Gasteiger partial charge in [0.25, 0.3) is 0 Å². The molecular weight excluding hydrogens is 278 g/mol. The Kier molecular flexibility index (Phi) is 5.18. The van der Waals surface area contributed by atoms with Crippen LogP contribution in [0, 0.1) is 5.41 Å². The van der Waals surface area contributed by atoms with Gasteiger partial charge in [-0.1, -0.05) is 0 Å². The monoisotopic (exact) mass is 301 g/mol. The fourth-order valence-corrected chi connectivity index (χ4v) is 4.33. The van der Waals surface area contributed by atoms with Crippen LogP contribution >= 0.6 is 0 Å². The van der Waals surface area contributed by atoms with Crippen molar-refractivity contribution in [2.75, 3.05) is 31.7 Å². The van der Waals surface area contributed by atoms with E-state index in [9.17, 15) is 13.8 Å². The Bertz CT molecular complexity index is 400. The Morgan fingerprint density at radius 2 is 1.85 bits per heavy atom. The second kappa shape index (κ2) is 6.70. The van der Waals surface area contributed by atoms with Crippen LogP contribution in [0.25, 0.3) is 0 Å². The second-order valence-electron chi connectivity index (χ2n) is 5.92. The van der Waals surface area contributed by atoms with Crippen molar-refractivity contribution in [1.29, 1.82) is 0 Å². The summed E-state index contributed by atoms with van der Waals surface area (Å²) >= 11 is 0. The van der Waals surface area contributed by atoms with Gasteiger partial charge in [0.05, 0.1) is 13.5 Å². The van der Waals surface area contributed by atoms with Crippen molar-refractivity contribution in [3.8, 4) is 0 Å². The van der Waals surface area contributed by atoms with Crippen molar-refractivity contribution in [2.45, 2.75) is 38.5 Å². The summed E-state index contributed by atoms with van der Waals surface area (Å²) in [7, 11) is 0.194. The van der Waals surface area contributed by atoms with Crippen LogP contribution in [0.4, 0.5) is 0 Å². The van der Waals surface area contributed by atoms with Gasteiger partial charge in [-0.05, 0) is 37.5 Å². The van der Waals surface area contributed by atoms with E-state index in [4.69, 9.17) is 0 Å². The summed E-state index contributed by atoms with van der Waals surface area (Å²) in [5, 5.41) is 0. The lowest BCUT2D eigenvalue weighted by Gasteiger charge is -2.26. The average molecular weight is 301 g/mol. The summed E-state index contributed by atoms with van der Waals surface area (Å²) in [6.45, 7) is 1.59. The van der Waals surface area contributed by atoms with Crippen LogP contribution < -0.4 is 0 Å². The van der Waals surface area contributed by atoms with Gasteiger partial charge in [0.2, 0.25) is 5.91 Å². The zero-order valence-electron chi connectivity index (χ0n) is 12.1. The molecule has 1 amide bonds. The Balaban J connectivity index is 1.77. The zero-order valence-corrected chi connectivity index (χ0v) is 12.9. The van der Waals surface area contributed by atoms with E-state index in [1.165, 1.54) is 13.5 Å². The molecule has 1 atom stereocenters. The van der Waals surface area contributed by atoms with Gasteiger partial charge in [-0.3, -0.25) is 13.8 Å². The van der Waals surface area contributed by atoms with Crippen LogP contribution in [0.2, 0.25) is 0 Å². The van der Waals surface area contributed by atoms with Crippen molar-refractivity contribution in [3.63, 3.8) is 0 Å². The van der Waals surface area contributed by atoms with Gasteiger partial charge in [0, 0.05) is 29.6 Å². The molecule has 20 heavy (non-hydrogen) atoms. The largest absolute Gasteiger partial charge is 0.469 e. The molecule has 1 aliphatic carbocycles. The van der Waals surface area contributed by atoms with Crippen molar-refractivity contribution in [3.05, 3.63) is 0 Å². The number of likely N-dealkylation sites (tertiary alicyclic amines) is 1. The second-order valence-corrected chi connectivity index (χ2v) is 7.38. The van der Waals surface area contributed by atoms with Gasteiger partial charge in [-0.15, -0.1) is 0 Å². The third-order valence-electron chi connectivity index (χ3n) is 4.16. The van der Waals surface area contributed by atoms with E-state index in [0.717, 1.165) is 38.8 Å². The number of carbonyl (C=O) groups is 2. The first-order valence-corrected chi connectivity index (χ1v) is 8.73. The van der Waals surface area contributed by atoms with E-state index in [1.807, 2.05) is 4.90 Å². The maximum absolute atomic E-state index is 12.1. The molecule has 0 aromatic rings. The third-order valence-corrected chi connectivity index (χ3v) is 5.67. The van der Waals surface area contributed by atoms with Crippen LogP contribution in [0.5, 0.6) is 0 Å². The van der Waals surface area contributed by atoms with Gasteiger partial charge < -0.3 is 9.64 Å². The minimum atomic E-state index is -1.18. The maximum atomic E-state index is 12.1. The van der Waals surface area contributed by atoms with Gasteiger partial charge in [0.1, 0.15) is 5.75 Å². The smallest absolute Gasteiger partial charge is 0.306 e. The molecule has 0 spiro atoms. The van der Waals surface area contributed by atoms with Crippen LogP contribution in [0.3, 0.4) is 0 Å². The molecule has 1 saturated heterocycles. The third kappa shape index (κ3) is 4.30. The lowest BCUT2D eigenvalue weighted by Crippen LogP contribution is -2.39. The van der Waals surface area contributed by atoms with E-state index >= 15 is 0 Å². The average Bonchev–Trinajstić information content (AvgIpc) is 3.18. The topological polar surface area (TPSA) is 63.7 Å². The number of carbonyl (C=O) groups excluding carboxylic acids is 2. The van der Waals surface area contributed by atoms with Gasteiger partial charge in [0.15, 0.2) is 0 Å². The molecule has 0 N–H and O–H groups in total. The SMILES string of the molecule is COC(=O)CC1(CS(=O)CC(=O)N2CCCCC2)CC1. The molecule has 0 aromatic heterocycles. The molecule has 1 unspecified atom stereocenters. The van der Waals surface area contributed by atoms with Gasteiger partial charge in [-0.25, -0.2) is 0 Å². The lowest BCUT2D eigenvalue weighted by atomic mass is 10.1. The first-order valence-electron chi connectivity index (χ1n) is 7.24. The molecule has 0 radical (unpaired) electrons. The molecular formula is C14H23NO4S. The Hall–Kier alpha value is -0.910. The van der Waals surface area contributed by atoms with Crippen molar-refractivity contribution in [1.82, 2.24) is 4.90 Å². The number of hydrogen-bond acceptors (Lipinski definition) is 4. The van der Waals surface area contributed by atoms with Crippen molar-refractivity contribution >= 4 is 22.7 Å². The van der Waals surface area contributed by atoms with E-state index in [1.54, 1.807) is 0 Å². The molecule has 6 heteroatoms. The molecule has 5 nitrogen and oxygen atoms in total. The van der Waals surface area contributed by atoms with Crippen molar-refractivity contribution in [2.24, 2.45) is 5.41 Å². The first kappa shape index (κ1) is 15.5. The minimum absolute atomic E-state index is 0.00287. The minimum Gasteiger partial charge on any atom is -0.469 e. The summed E-state index contributed by atoms with van der Waals surface area (Å²) in [4.78, 5) is 25.2. The Morgan fingerprint density at radius 1 is 1.20 bits per heavy atom. The van der Waals surface area contributed by atoms with Crippen molar-refractivity contribution < 1.29 is 18.5 Å².